The largest absolute Gasteiger partial charge is 0.444 e. The van der Waals surface area contributed by atoms with Gasteiger partial charge in [-0.1, -0.05) is 43.0 Å². The lowest BCUT2D eigenvalue weighted by Gasteiger charge is -2.43. The van der Waals surface area contributed by atoms with E-state index in [1.807, 2.05) is 52.8 Å². The molecule has 1 fully saturated rings. The molecular weight excluding hydrogens is 484 g/mol. The zero-order chi connectivity index (χ0) is 28.8. The third-order valence-electron chi connectivity index (χ3n) is 6.53. The van der Waals surface area contributed by atoms with Gasteiger partial charge in [0.1, 0.15) is 17.7 Å². The van der Waals surface area contributed by atoms with E-state index in [2.05, 4.69) is 10.6 Å². The van der Waals surface area contributed by atoms with Gasteiger partial charge in [-0.25, -0.2) is 4.79 Å². The van der Waals surface area contributed by atoms with Crippen molar-refractivity contribution < 1.29 is 23.9 Å². The van der Waals surface area contributed by atoms with Crippen LogP contribution in [0.1, 0.15) is 103 Å². The lowest BCUT2D eigenvalue weighted by atomic mass is 9.90. The number of nitrogens with two attached hydrogens (primary N) is 1. The number of rotatable bonds is 8. The quantitative estimate of drug-likeness (QED) is 0.464. The number of hydrogen-bond donors (Lipinski definition) is 3. The summed E-state index contributed by atoms with van der Waals surface area (Å²) in [4.78, 5) is 54.2. The van der Waals surface area contributed by atoms with E-state index in [1.165, 1.54) is 4.90 Å². The number of amides is 4. The molecule has 0 aliphatic heterocycles. The van der Waals surface area contributed by atoms with E-state index in [4.69, 9.17) is 10.5 Å². The summed E-state index contributed by atoms with van der Waals surface area (Å²) in [6.45, 7) is 14.4. The van der Waals surface area contributed by atoms with E-state index in [0.717, 1.165) is 43.2 Å². The first-order valence-electron chi connectivity index (χ1n) is 13.5. The van der Waals surface area contributed by atoms with Crippen molar-refractivity contribution in [2.75, 3.05) is 0 Å². The molecule has 0 bridgehead atoms. The molecule has 9 nitrogen and oxygen atoms in total. The van der Waals surface area contributed by atoms with E-state index < -0.39 is 47.6 Å². The van der Waals surface area contributed by atoms with E-state index in [0.29, 0.717) is 5.56 Å². The van der Waals surface area contributed by atoms with Gasteiger partial charge in [-0.05, 0) is 79.4 Å². The Morgan fingerprint density at radius 3 is 2.13 bits per heavy atom. The molecule has 2 unspecified atom stereocenters. The van der Waals surface area contributed by atoms with Gasteiger partial charge in [0.2, 0.25) is 17.7 Å². The van der Waals surface area contributed by atoms with E-state index in [1.54, 1.807) is 20.8 Å². The Kier molecular flexibility index (Phi) is 10.3. The molecule has 0 spiro atoms. The molecular formula is C29H46N4O5. The molecule has 4 N–H and O–H groups in total. The van der Waals surface area contributed by atoms with Gasteiger partial charge in [-0.3, -0.25) is 14.4 Å². The minimum atomic E-state index is -1.31. The molecule has 38 heavy (non-hydrogen) atoms. The molecule has 212 valence electrons. The number of hydrogen-bond acceptors (Lipinski definition) is 5. The molecule has 2 atom stereocenters. The zero-order valence-electron chi connectivity index (χ0n) is 24.3. The summed E-state index contributed by atoms with van der Waals surface area (Å²) in [5.74, 6) is -1.64. The molecule has 1 aliphatic rings. The van der Waals surface area contributed by atoms with Gasteiger partial charge in [-0.15, -0.1) is 0 Å². The van der Waals surface area contributed by atoms with Crippen LogP contribution in [0.15, 0.2) is 18.2 Å². The monoisotopic (exact) mass is 530 g/mol. The topological polar surface area (TPSA) is 131 Å². The number of benzene rings is 1. The van der Waals surface area contributed by atoms with Crippen molar-refractivity contribution in [3.8, 4) is 0 Å². The molecule has 1 saturated carbocycles. The van der Waals surface area contributed by atoms with Crippen LogP contribution in [-0.2, 0) is 19.1 Å². The van der Waals surface area contributed by atoms with Gasteiger partial charge >= 0.3 is 6.09 Å². The number of nitrogens with one attached hydrogen (secondary N) is 2. The summed E-state index contributed by atoms with van der Waals surface area (Å²) < 4.78 is 5.34. The second-order valence-corrected chi connectivity index (χ2v) is 12.4. The van der Waals surface area contributed by atoms with Crippen LogP contribution < -0.4 is 16.4 Å². The summed E-state index contributed by atoms with van der Waals surface area (Å²) in [6, 6.07) is 3.49. The zero-order valence-corrected chi connectivity index (χ0v) is 24.3. The number of nitrogens with zero attached hydrogens (tertiary/aromatic N) is 1. The maximum absolute atomic E-state index is 14.2. The number of aryl methyl sites for hydroxylation is 2. The van der Waals surface area contributed by atoms with Crippen LogP contribution in [0.2, 0.25) is 0 Å². The Bertz CT molecular complexity index is 1020. The fourth-order valence-electron chi connectivity index (χ4n) is 4.92. The van der Waals surface area contributed by atoms with E-state index in [9.17, 15) is 19.2 Å². The third-order valence-corrected chi connectivity index (χ3v) is 6.53. The van der Waals surface area contributed by atoms with Crippen LogP contribution in [0, 0.1) is 13.8 Å². The Labute approximate surface area is 227 Å². The van der Waals surface area contributed by atoms with E-state index >= 15 is 0 Å². The predicted molar refractivity (Wildman–Crippen MR) is 147 cm³/mol. The summed E-state index contributed by atoms with van der Waals surface area (Å²) in [5.41, 5.74) is 6.39. The Morgan fingerprint density at radius 2 is 1.63 bits per heavy atom. The molecule has 0 heterocycles. The van der Waals surface area contributed by atoms with Crippen molar-refractivity contribution in [3.63, 3.8) is 0 Å². The van der Waals surface area contributed by atoms with Crippen molar-refractivity contribution >= 4 is 23.8 Å². The van der Waals surface area contributed by atoms with Crippen molar-refractivity contribution in [2.45, 2.75) is 123 Å². The second kappa shape index (κ2) is 12.6. The SMILES string of the molecule is Cc1ccc(C(C(=O)NC2CCCCC2)N(C(=O)C(CC(N)=O)NC(=O)OC(C)(C)C)C(C)(C)C)c(C)c1. The highest BCUT2D eigenvalue weighted by molar-refractivity contribution is 5.95. The van der Waals surface area contributed by atoms with Gasteiger partial charge in [0.05, 0.1) is 6.42 Å². The van der Waals surface area contributed by atoms with Gasteiger partial charge in [0, 0.05) is 11.6 Å². The lowest BCUT2D eigenvalue weighted by Crippen LogP contribution is -2.59. The highest BCUT2D eigenvalue weighted by Gasteiger charge is 2.43. The summed E-state index contributed by atoms with van der Waals surface area (Å²) in [5, 5.41) is 5.70. The van der Waals surface area contributed by atoms with Crippen LogP contribution in [0.4, 0.5) is 4.79 Å². The fraction of sp³-hybridized carbons (Fsp3) is 0.655. The Morgan fingerprint density at radius 1 is 1.03 bits per heavy atom. The van der Waals surface area contributed by atoms with Gasteiger partial charge in [0.15, 0.2) is 0 Å². The van der Waals surface area contributed by atoms with Gasteiger partial charge in [-0.2, -0.15) is 0 Å². The van der Waals surface area contributed by atoms with Crippen molar-refractivity contribution in [1.29, 1.82) is 0 Å². The predicted octanol–water partition coefficient (Wildman–Crippen LogP) is 4.19. The van der Waals surface area contributed by atoms with Crippen molar-refractivity contribution in [1.82, 2.24) is 15.5 Å². The van der Waals surface area contributed by atoms with Crippen molar-refractivity contribution in [3.05, 3.63) is 34.9 Å². The lowest BCUT2D eigenvalue weighted by molar-refractivity contribution is -0.149. The molecule has 1 aliphatic carbocycles. The maximum atomic E-state index is 14.2. The number of primary amides is 1. The smallest absolute Gasteiger partial charge is 0.408 e. The molecule has 0 saturated heterocycles. The van der Waals surface area contributed by atoms with Crippen LogP contribution >= 0.6 is 0 Å². The van der Waals surface area contributed by atoms with E-state index in [-0.39, 0.29) is 11.9 Å². The van der Waals surface area contributed by atoms with Gasteiger partial charge < -0.3 is 26.0 Å². The number of ether oxygens (including phenoxy) is 1. The minimum Gasteiger partial charge on any atom is -0.444 e. The first kappa shape index (κ1) is 31.1. The fourth-order valence-corrected chi connectivity index (χ4v) is 4.92. The summed E-state index contributed by atoms with van der Waals surface area (Å²) in [7, 11) is 0. The number of carbonyl (C=O) groups is 4. The highest BCUT2D eigenvalue weighted by atomic mass is 16.6. The van der Waals surface area contributed by atoms with Crippen LogP contribution in [0.3, 0.4) is 0 Å². The third kappa shape index (κ3) is 9.03. The molecule has 0 radical (unpaired) electrons. The van der Waals surface area contributed by atoms with Gasteiger partial charge in [0.25, 0.3) is 0 Å². The summed E-state index contributed by atoms with van der Waals surface area (Å²) in [6.07, 6.45) is 3.72. The standard InChI is InChI=1S/C29H46N4O5/c1-18-14-15-21(19(2)16-18)24(25(35)31-20-12-10-9-11-13-20)33(28(3,4)5)26(36)22(17-23(30)34)32-27(37)38-29(6,7)8/h14-16,20,22,24H,9-13,17H2,1-8H3,(H2,30,34)(H,31,35)(H,32,37). The molecule has 4 amide bonds. The number of carbonyl (C=O) groups excluding carboxylic acids is 4. The molecule has 2 rings (SSSR count). The van der Waals surface area contributed by atoms with Crippen LogP contribution in [0.5, 0.6) is 0 Å². The minimum absolute atomic E-state index is 0.0303. The second-order valence-electron chi connectivity index (χ2n) is 12.4. The van der Waals surface area contributed by atoms with Crippen LogP contribution in [0.25, 0.3) is 0 Å². The van der Waals surface area contributed by atoms with Crippen LogP contribution in [-0.4, -0.2) is 51.9 Å². The first-order valence-corrected chi connectivity index (χ1v) is 13.5. The number of alkyl carbamates (subject to hydrolysis) is 1. The Balaban J connectivity index is 2.57. The Hall–Kier alpha value is -3.10. The average Bonchev–Trinajstić information content (AvgIpc) is 2.75. The summed E-state index contributed by atoms with van der Waals surface area (Å²) >= 11 is 0. The molecule has 1 aromatic carbocycles. The maximum Gasteiger partial charge on any atom is 0.408 e. The average molecular weight is 531 g/mol. The molecule has 9 heteroatoms. The normalized spacial score (nSPS) is 16.2. The molecule has 0 aromatic heterocycles. The first-order chi connectivity index (χ1) is 17.5. The van der Waals surface area contributed by atoms with Crippen molar-refractivity contribution in [2.24, 2.45) is 5.73 Å². The highest BCUT2D eigenvalue weighted by Crippen LogP contribution is 2.33. The molecule has 1 aromatic rings.